The lowest BCUT2D eigenvalue weighted by molar-refractivity contribution is 0.181. The first-order valence-electron chi connectivity index (χ1n) is 6.44. The Morgan fingerprint density at radius 2 is 2.10 bits per heavy atom. The fourth-order valence-corrected chi connectivity index (χ4v) is 2.83. The lowest BCUT2D eigenvalue weighted by Gasteiger charge is -2.10. The first-order valence-corrected chi connectivity index (χ1v) is 7.52. The van der Waals surface area contributed by atoms with Crippen LogP contribution in [0.5, 0.6) is 0 Å². The number of aromatic nitrogens is 2. The number of fused-ring (bicyclic) bond motifs is 1. The third kappa shape index (κ3) is 2.60. The number of anilines is 1. The Bertz CT molecular complexity index is 786. The summed E-state index contributed by atoms with van der Waals surface area (Å²) < 4.78 is 11.8. The van der Waals surface area contributed by atoms with E-state index in [0.29, 0.717) is 12.4 Å². The molecule has 0 atom stereocenters. The maximum absolute atomic E-state index is 5.57. The predicted octanol–water partition coefficient (Wildman–Crippen LogP) is 3.68. The highest BCUT2D eigenvalue weighted by Gasteiger charge is 2.16. The van der Waals surface area contributed by atoms with Crippen molar-refractivity contribution in [2.24, 2.45) is 0 Å². The summed E-state index contributed by atoms with van der Waals surface area (Å²) in [7, 11) is 3.50. The van der Waals surface area contributed by atoms with Gasteiger partial charge in [0.15, 0.2) is 5.82 Å². The average Bonchev–Trinajstić information content (AvgIpc) is 2.93. The van der Waals surface area contributed by atoms with Gasteiger partial charge in [0.25, 0.3) is 0 Å². The maximum atomic E-state index is 5.57. The SMILES string of the molecule is CNc1nc(-c2coc3ccccc23)nc(COC)c1I. The van der Waals surface area contributed by atoms with E-state index in [1.54, 1.807) is 13.4 Å². The van der Waals surface area contributed by atoms with Gasteiger partial charge in [0.1, 0.15) is 17.7 Å². The molecule has 2 heterocycles. The summed E-state index contributed by atoms with van der Waals surface area (Å²) in [5.41, 5.74) is 2.57. The molecule has 0 saturated carbocycles. The third-order valence-corrected chi connectivity index (χ3v) is 4.29. The van der Waals surface area contributed by atoms with E-state index in [1.807, 2.05) is 31.3 Å². The number of rotatable bonds is 4. The number of hydrogen-bond donors (Lipinski definition) is 1. The highest BCUT2D eigenvalue weighted by Crippen LogP contribution is 2.30. The Kier molecular flexibility index (Phi) is 4.07. The predicted molar refractivity (Wildman–Crippen MR) is 90.2 cm³/mol. The topological polar surface area (TPSA) is 60.2 Å². The van der Waals surface area contributed by atoms with Gasteiger partial charge in [0, 0.05) is 19.5 Å². The lowest BCUT2D eigenvalue weighted by Crippen LogP contribution is -2.06. The smallest absolute Gasteiger partial charge is 0.165 e. The zero-order chi connectivity index (χ0) is 14.8. The molecule has 2 aromatic heterocycles. The summed E-state index contributed by atoms with van der Waals surface area (Å²) in [5.74, 6) is 1.43. The van der Waals surface area contributed by atoms with Crippen LogP contribution in [0.1, 0.15) is 5.69 Å². The molecule has 6 heteroatoms. The van der Waals surface area contributed by atoms with Gasteiger partial charge in [-0.25, -0.2) is 9.97 Å². The molecule has 0 spiro atoms. The highest BCUT2D eigenvalue weighted by molar-refractivity contribution is 14.1. The Labute approximate surface area is 135 Å². The quantitative estimate of drug-likeness (QED) is 0.683. The molecule has 1 aromatic carbocycles. The van der Waals surface area contributed by atoms with Gasteiger partial charge >= 0.3 is 0 Å². The maximum Gasteiger partial charge on any atom is 0.165 e. The van der Waals surface area contributed by atoms with Crippen LogP contribution in [0.4, 0.5) is 5.82 Å². The van der Waals surface area contributed by atoms with Crippen molar-refractivity contribution < 1.29 is 9.15 Å². The Balaban J connectivity index is 2.19. The van der Waals surface area contributed by atoms with Crippen molar-refractivity contribution >= 4 is 39.4 Å². The highest BCUT2D eigenvalue weighted by atomic mass is 127. The largest absolute Gasteiger partial charge is 0.464 e. The molecule has 0 amide bonds. The zero-order valence-corrected chi connectivity index (χ0v) is 13.8. The van der Waals surface area contributed by atoms with E-state index in [2.05, 4.69) is 37.9 Å². The van der Waals surface area contributed by atoms with Gasteiger partial charge in [-0.2, -0.15) is 0 Å². The van der Waals surface area contributed by atoms with Crippen LogP contribution in [0.2, 0.25) is 0 Å². The average molecular weight is 395 g/mol. The van der Waals surface area contributed by atoms with Gasteiger partial charge < -0.3 is 14.5 Å². The van der Waals surface area contributed by atoms with Crippen molar-refractivity contribution in [3.63, 3.8) is 0 Å². The van der Waals surface area contributed by atoms with Crippen molar-refractivity contribution in [1.29, 1.82) is 0 Å². The number of halogens is 1. The van der Waals surface area contributed by atoms with Gasteiger partial charge in [-0.15, -0.1) is 0 Å². The molecular weight excluding hydrogens is 381 g/mol. The number of nitrogens with one attached hydrogen (secondary N) is 1. The van der Waals surface area contributed by atoms with Crippen LogP contribution in [0, 0.1) is 3.57 Å². The molecule has 3 rings (SSSR count). The molecule has 1 N–H and O–H groups in total. The first kappa shape index (κ1) is 14.3. The number of ether oxygens (including phenoxy) is 1. The molecule has 5 nitrogen and oxygen atoms in total. The second kappa shape index (κ2) is 5.98. The summed E-state index contributed by atoms with van der Waals surface area (Å²) in [6, 6.07) is 7.86. The Morgan fingerprint density at radius 1 is 1.29 bits per heavy atom. The molecule has 0 aliphatic heterocycles. The number of hydrogen-bond acceptors (Lipinski definition) is 5. The van der Waals surface area contributed by atoms with E-state index in [4.69, 9.17) is 9.15 Å². The van der Waals surface area contributed by atoms with Gasteiger partial charge in [-0.3, -0.25) is 0 Å². The van der Waals surface area contributed by atoms with Crippen molar-refractivity contribution in [2.45, 2.75) is 6.61 Å². The molecule has 0 unspecified atom stereocenters. The molecule has 0 aliphatic rings. The number of methoxy groups -OCH3 is 1. The fourth-order valence-electron chi connectivity index (χ4n) is 2.16. The lowest BCUT2D eigenvalue weighted by atomic mass is 10.1. The Hall–Kier alpha value is -1.67. The molecule has 0 radical (unpaired) electrons. The van der Waals surface area contributed by atoms with E-state index in [1.165, 1.54) is 0 Å². The van der Waals surface area contributed by atoms with E-state index in [0.717, 1.165) is 31.6 Å². The van der Waals surface area contributed by atoms with E-state index < -0.39 is 0 Å². The van der Waals surface area contributed by atoms with Crippen LogP contribution in [0.3, 0.4) is 0 Å². The zero-order valence-electron chi connectivity index (χ0n) is 11.7. The second-order valence-electron chi connectivity index (χ2n) is 4.49. The normalized spacial score (nSPS) is 11.0. The number of nitrogens with zero attached hydrogens (tertiary/aromatic N) is 2. The summed E-state index contributed by atoms with van der Waals surface area (Å²) in [5, 5.41) is 4.10. The van der Waals surface area contributed by atoms with Crippen LogP contribution in [0.25, 0.3) is 22.4 Å². The molecule has 0 bridgehead atoms. The van der Waals surface area contributed by atoms with Crippen LogP contribution in [-0.4, -0.2) is 24.1 Å². The summed E-state index contributed by atoms with van der Waals surface area (Å²) in [6.45, 7) is 0.443. The van der Waals surface area contributed by atoms with Gasteiger partial charge in [-0.1, -0.05) is 18.2 Å². The van der Waals surface area contributed by atoms with Crippen LogP contribution in [-0.2, 0) is 11.3 Å². The Morgan fingerprint density at radius 3 is 2.86 bits per heavy atom. The fraction of sp³-hybridized carbons (Fsp3) is 0.200. The van der Waals surface area contributed by atoms with Gasteiger partial charge in [0.05, 0.1) is 21.4 Å². The minimum Gasteiger partial charge on any atom is -0.464 e. The molecule has 21 heavy (non-hydrogen) atoms. The number of para-hydroxylation sites is 1. The monoisotopic (exact) mass is 395 g/mol. The summed E-state index contributed by atoms with van der Waals surface area (Å²) in [4.78, 5) is 9.20. The van der Waals surface area contributed by atoms with Crippen molar-refractivity contribution in [2.75, 3.05) is 19.5 Å². The molecular formula is C15H14IN3O2. The van der Waals surface area contributed by atoms with Crippen molar-refractivity contribution in [3.05, 3.63) is 39.8 Å². The summed E-state index contributed by atoms with van der Waals surface area (Å²) in [6.07, 6.45) is 1.70. The van der Waals surface area contributed by atoms with Crippen LogP contribution in [0.15, 0.2) is 34.9 Å². The van der Waals surface area contributed by atoms with Crippen molar-refractivity contribution in [1.82, 2.24) is 9.97 Å². The van der Waals surface area contributed by atoms with E-state index in [9.17, 15) is 0 Å². The second-order valence-corrected chi connectivity index (χ2v) is 5.56. The minimum atomic E-state index is 0.443. The molecule has 0 aliphatic carbocycles. The number of benzene rings is 1. The molecule has 3 aromatic rings. The van der Waals surface area contributed by atoms with Crippen LogP contribution < -0.4 is 5.32 Å². The minimum absolute atomic E-state index is 0.443. The van der Waals surface area contributed by atoms with Gasteiger partial charge in [0.2, 0.25) is 0 Å². The van der Waals surface area contributed by atoms with Crippen molar-refractivity contribution in [3.8, 4) is 11.4 Å². The van der Waals surface area contributed by atoms with E-state index in [-0.39, 0.29) is 0 Å². The first-order chi connectivity index (χ1) is 10.2. The number of furan rings is 1. The van der Waals surface area contributed by atoms with Gasteiger partial charge in [-0.05, 0) is 28.7 Å². The summed E-state index contributed by atoms with van der Waals surface area (Å²) >= 11 is 2.23. The molecule has 108 valence electrons. The molecule has 0 fully saturated rings. The van der Waals surface area contributed by atoms with Crippen LogP contribution >= 0.6 is 22.6 Å². The standard InChI is InChI=1S/C15H14IN3O2/c1-17-15-13(16)11(8-20-2)18-14(19-15)10-7-21-12-6-4-3-5-9(10)12/h3-7H,8H2,1-2H3,(H,17,18,19). The van der Waals surface area contributed by atoms with E-state index >= 15 is 0 Å². The molecule has 0 saturated heterocycles. The third-order valence-electron chi connectivity index (χ3n) is 3.16.